The third kappa shape index (κ3) is 4.14. The summed E-state index contributed by atoms with van der Waals surface area (Å²) >= 11 is 0. The third-order valence-electron chi connectivity index (χ3n) is 11.0. The van der Waals surface area contributed by atoms with Crippen molar-refractivity contribution >= 4 is 75.7 Å². The van der Waals surface area contributed by atoms with E-state index in [-0.39, 0.29) is 0 Å². The van der Waals surface area contributed by atoms with Crippen molar-refractivity contribution in [2.24, 2.45) is 0 Å². The van der Waals surface area contributed by atoms with Crippen LogP contribution in [0.4, 0.5) is 0 Å². The van der Waals surface area contributed by atoms with Crippen LogP contribution in [0, 0.1) is 0 Å². The van der Waals surface area contributed by atoms with Crippen LogP contribution in [0.5, 0.6) is 0 Å². The Hall–Kier alpha value is -6.51. The molecule has 0 fully saturated rings. The number of nitrogens with zero attached hydrogens (tertiary/aromatic N) is 2. The van der Waals surface area contributed by atoms with Gasteiger partial charge in [0.25, 0.3) is 0 Å². The van der Waals surface area contributed by atoms with Gasteiger partial charge in [-0.1, -0.05) is 134 Å². The van der Waals surface area contributed by atoms with Gasteiger partial charge in [-0.2, -0.15) is 0 Å². The third-order valence-corrected chi connectivity index (χ3v) is 11.0. The smallest absolute Gasteiger partial charge is 0.114 e. The summed E-state index contributed by atoms with van der Waals surface area (Å²) in [6.45, 7) is 2.17. The van der Waals surface area contributed by atoms with E-state index in [9.17, 15) is 0 Å². The number of aromatic nitrogens is 2. The standard InChI is InChI=1S/C49H32N2/c1-2-45-50-43-14-3-4-15-44(43)51(45)38-26-24-31(25-27-38)30-16-18-32(19-17-30)37-28-36-23-22-35-9-6-12-40-39-11-5-8-33-20-21-34-10-7-13-41(48(34)46(33)39)42(29-37)49(36)47(35)40/h3-29H,2H2,1H3. The molecule has 11 aromatic rings. The topological polar surface area (TPSA) is 17.8 Å². The van der Waals surface area contributed by atoms with Crippen molar-refractivity contribution in [3.63, 3.8) is 0 Å². The number of benzene rings is 9. The second kappa shape index (κ2) is 10.7. The van der Waals surface area contributed by atoms with E-state index < -0.39 is 0 Å². The normalized spacial score (nSPS) is 12.1. The van der Waals surface area contributed by atoms with Crippen molar-refractivity contribution in [2.45, 2.75) is 13.3 Å². The first kappa shape index (κ1) is 28.3. The number of hydrogen-bond donors (Lipinski definition) is 0. The summed E-state index contributed by atoms with van der Waals surface area (Å²) in [4.78, 5) is 4.88. The van der Waals surface area contributed by atoms with Gasteiger partial charge in [0.05, 0.1) is 11.0 Å². The fourth-order valence-corrected chi connectivity index (χ4v) is 8.71. The van der Waals surface area contributed by atoms with E-state index in [0.717, 1.165) is 29.0 Å². The van der Waals surface area contributed by atoms with Crippen LogP contribution in [0.15, 0.2) is 164 Å². The van der Waals surface area contributed by atoms with Gasteiger partial charge in [0.1, 0.15) is 5.82 Å². The predicted molar refractivity (Wildman–Crippen MR) is 218 cm³/mol. The van der Waals surface area contributed by atoms with Crippen molar-refractivity contribution in [3.8, 4) is 27.9 Å². The van der Waals surface area contributed by atoms with E-state index >= 15 is 0 Å². The van der Waals surface area contributed by atoms with Gasteiger partial charge in [-0.05, 0) is 123 Å². The molecule has 0 aliphatic rings. The van der Waals surface area contributed by atoms with Crippen LogP contribution >= 0.6 is 0 Å². The summed E-state index contributed by atoms with van der Waals surface area (Å²) in [6, 6.07) is 60.7. The molecule has 51 heavy (non-hydrogen) atoms. The lowest BCUT2D eigenvalue weighted by Gasteiger charge is -2.17. The molecular formula is C49H32N2. The highest BCUT2D eigenvalue weighted by atomic mass is 15.1. The monoisotopic (exact) mass is 648 g/mol. The van der Waals surface area contributed by atoms with Gasteiger partial charge < -0.3 is 0 Å². The first-order valence-electron chi connectivity index (χ1n) is 17.9. The molecule has 2 heteroatoms. The van der Waals surface area contributed by atoms with Gasteiger partial charge in [0.15, 0.2) is 0 Å². The summed E-state index contributed by atoms with van der Waals surface area (Å²) in [5.41, 5.74) is 8.17. The molecule has 0 N–H and O–H groups in total. The highest BCUT2D eigenvalue weighted by Gasteiger charge is 2.17. The molecular weight excluding hydrogens is 617 g/mol. The Kier molecular flexibility index (Phi) is 5.97. The van der Waals surface area contributed by atoms with Crippen molar-refractivity contribution < 1.29 is 0 Å². The second-order valence-corrected chi connectivity index (χ2v) is 13.8. The van der Waals surface area contributed by atoms with Gasteiger partial charge in [0.2, 0.25) is 0 Å². The number of aryl methyl sites for hydroxylation is 1. The molecule has 2 nitrogen and oxygen atoms in total. The molecule has 0 amide bonds. The van der Waals surface area contributed by atoms with Crippen LogP contribution < -0.4 is 0 Å². The maximum Gasteiger partial charge on any atom is 0.114 e. The number of hydrogen-bond acceptors (Lipinski definition) is 1. The molecule has 11 rings (SSSR count). The van der Waals surface area contributed by atoms with Crippen molar-refractivity contribution in [3.05, 3.63) is 170 Å². The zero-order valence-electron chi connectivity index (χ0n) is 28.2. The minimum Gasteiger partial charge on any atom is -0.296 e. The Morgan fingerprint density at radius 3 is 1.49 bits per heavy atom. The molecule has 0 spiro atoms. The summed E-state index contributed by atoms with van der Waals surface area (Å²) in [5, 5.41) is 15.7. The van der Waals surface area contributed by atoms with Crippen LogP contribution in [-0.2, 0) is 6.42 Å². The van der Waals surface area contributed by atoms with Crippen molar-refractivity contribution in [1.29, 1.82) is 0 Å². The summed E-state index contributed by atoms with van der Waals surface area (Å²) < 4.78 is 2.28. The van der Waals surface area contributed by atoms with E-state index in [2.05, 4.69) is 175 Å². The zero-order valence-corrected chi connectivity index (χ0v) is 28.2. The highest BCUT2D eigenvalue weighted by Crippen LogP contribution is 2.44. The van der Waals surface area contributed by atoms with E-state index in [1.807, 2.05) is 0 Å². The molecule has 0 bridgehead atoms. The van der Waals surface area contributed by atoms with Crippen LogP contribution in [-0.4, -0.2) is 9.55 Å². The number of fused-ring (bicyclic) bond motifs is 3. The van der Waals surface area contributed by atoms with Gasteiger partial charge in [-0.25, -0.2) is 4.98 Å². The Morgan fingerprint density at radius 2 is 0.902 bits per heavy atom. The Labute approximate surface area is 295 Å². The maximum absolute atomic E-state index is 4.88. The number of para-hydroxylation sites is 2. The van der Waals surface area contributed by atoms with Gasteiger partial charge in [-0.3, -0.25) is 4.57 Å². The summed E-state index contributed by atoms with van der Waals surface area (Å²) in [7, 11) is 0. The molecule has 0 saturated carbocycles. The average molecular weight is 649 g/mol. The average Bonchev–Trinajstić information content (AvgIpc) is 3.58. The lowest BCUT2D eigenvalue weighted by atomic mass is 9.86. The molecule has 0 saturated heterocycles. The quantitative estimate of drug-likeness (QED) is 0.174. The minimum atomic E-state index is 0.879. The van der Waals surface area contributed by atoms with Crippen molar-refractivity contribution in [1.82, 2.24) is 9.55 Å². The highest BCUT2D eigenvalue weighted by molar-refractivity contribution is 6.37. The first-order chi connectivity index (χ1) is 25.2. The SMILES string of the molecule is CCc1nc2ccccc2n1-c1ccc(-c2ccc(-c3cc4ccc5cccc6c7cccc8ccc9cccc(c(c3)c4c56)c9c87)cc2)cc1. The molecule has 0 radical (unpaired) electrons. The lowest BCUT2D eigenvalue weighted by Crippen LogP contribution is -1.99. The van der Waals surface area contributed by atoms with E-state index in [1.165, 1.54) is 86.9 Å². The van der Waals surface area contributed by atoms with E-state index in [0.29, 0.717) is 0 Å². The van der Waals surface area contributed by atoms with Crippen LogP contribution in [0.1, 0.15) is 12.7 Å². The Balaban J connectivity index is 1.08. The zero-order chi connectivity index (χ0) is 33.6. The first-order valence-corrected chi connectivity index (χ1v) is 17.9. The Bertz CT molecular complexity index is 3140. The molecule has 0 aliphatic heterocycles. The molecule has 10 aromatic carbocycles. The number of imidazole rings is 1. The lowest BCUT2D eigenvalue weighted by molar-refractivity contribution is 0.908. The maximum atomic E-state index is 4.88. The van der Waals surface area contributed by atoms with Crippen LogP contribution in [0.2, 0.25) is 0 Å². The molecule has 0 atom stereocenters. The van der Waals surface area contributed by atoms with Gasteiger partial charge in [-0.15, -0.1) is 0 Å². The van der Waals surface area contributed by atoms with E-state index in [1.54, 1.807) is 0 Å². The van der Waals surface area contributed by atoms with E-state index in [4.69, 9.17) is 4.98 Å². The predicted octanol–water partition coefficient (Wildman–Crippen LogP) is 13.3. The van der Waals surface area contributed by atoms with Crippen molar-refractivity contribution in [2.75, 3.05) is 0 Å². The summed E-state index contributed by atoms with van der Waals surface area (Å²) in [6.07, 6.45) is 0.879. The molecule has 1 heterocycles. The summed E-state index contributed by atoms with van der Waals surface area (Å²) in [5.74, 6) is 1.08. The molecule has 0 unspecified atom stereocenters. The minimum absolute atomic E-state index is 0.879. The fourth-order valence-electron chi connectivity index (χ4n) is 8.71. The molecule has 238 valence electrons. The largest absolute Gasteiger partial charge is 0.296 e. The second-order valence-electron chi connectivity index (χ2n) is 13.8. The fraction of sp³-hybridized carbons (Fsp3) is 0.0408. The van der Waals surface area contributed by atoms with Crippen LogP contribution in [0.3, 0.4) is 0 Å². The van der Waals surface area contributed by atoms with Crippen LogP contribution in [0.25, 0.3) is 104 Å². The van der Waals surface area contributed by atoms with Gasteiger partial charge >= 0.3 is 0 Å². The number of rotatable bonds is 4. The van der Waals surface area contributed by atoms with Gasteiger partial charge in [0, 0.05) is 12.1 Å². The molecule has 1 aromatic heterocycles. The Morgan fingerprint density at radius 1 is 0.412 bits per heavy atom. The molecule has 0 aliphatic carbocycles.